The van der Waals surface area contributed by atoms with Gasteiger partial charge < -0.3 is 5.32 Å². The summed E-state index contributed by atoms with van der Waals surface area (Å²) in [6, 6.07) is 0. The van der Waals surface area contributed by atoms with Crippen molar-refractivity contribution < 1.29 is 4.79 Å². The van der Waals surface area contributed by atoms with Crippen LogP contribution in [0.2, 0.25) is 0 Å². The van der Waals surface area contributed by atoms with Gasteiger partial charge in [0.15, 0.2) is 5.78 Å². The average molecular weight is 312 g/mol. The van der Waals surface area contributed by atoms with Crippen molar-refractivity contribution in [1.29, 1.82) is 0 Å². The number of nitrogens with zero attached hydrogens (tertiary/aromatic N) is 1. The molecule has 0 aliphatic rings. The molecule has 0 fully saturated rings. The van der Waals surface area contributed by atoms with Crippen LogP contribution in [0.3, 0.4) is 0 Å². The molecule has 0 aromatic rings. The fourth-order valence-corrected chi connectivity index (χ4v) is 1.89. The predicted octanol–water partition coefficient (Wildman–Crippen LogP) is 4.68. The number of Topliss-reactive ketones (excluding diaryl/α,β-unsaturated/α-hetero) is 1. The van der Waals surface area contributed by atoms with Crippen LogP contribution in [-0.4, -0.2) is 19.0 Å². The Labute approximate surface area is 140 Å². The lowest BCUT2D eigenvalue weighted by molar-refractivity contribution is -0.113. The SMILES string of the molecule is C=C(C=N/C=C(C)/C(C)=C/C(C=CC)=C(\C(=C)C)C(C)=O)NC. The third-order valence-electron chi connectivity index (χ3n) is 3.23. The molecule has 0 atom stereocenters. The largest absolute Gasteiger partial charge is 0.387 e. The third kappa shape index (κ3) is 7.41. The number of carbonyl (C=O) groups excluding carboxylic acids is 1. The Bertz CT molecular complexity index is 610. The average Bonchev–Trinajstić information content (AvgIpc) is 2.46. The van der Waals surface area contributed by atoms with Gasteiger partial charge >= 0.3 is 0 Å². The van der Waals surface area contributed by atoms with Gasteiger partial charge in [-0.05, 0) is 56.9 Å². The Hall–Kier alpha value is -2.42. The fraction of sp³-hybridized carbons (Fsp3) is 0.300. The van der Waals surface area contributed by atoms with Gasteiger partial charge in [0, 0.05) is 30.7 Å². The van der Waals surface area contributed by atoms with Crippen LogP contribution >= 0.6 is 0 Å². The monoisotopic (exact) mass is 312 g/mol. The number of allylic oxidation sites excluding steroid dienone is 9. The lowest BCUT2D eigenvalue weighted by Gasteiger charge is -2.09. The molecule has 23 heavy (non-hydrogen) atoms. The van der Waals surface area contributed by atoms with Crippen LogP contribution in [0.1, 0.15) is 34.6 Å². The Morgan fingerprint density at radius 1 is 1.09 bits per heavy atom. The van der Waals surface area contributed by atoms with Gasteiger partial charge in [0.1, 0.15) is 0 Å². The van der Waals surface area contributed by atoms with Crippen LogP contribution in [0.4, 0.5) is 0 Å². The second-order valence-corrected chi connectivity index (χ2v) is 5.36. The van der Waals surface area contributed by atoms with Crippen molar-refractivity contribution in [2.24, 2.45) is 4.99 Å². The summed E-state index contributed by atoms with van der Waals surface area (Å²) in [5, 5.41) is 2.91. The zero-order chi connectivity index (χ0) is 18.0. The Morgan fingerprint density at radius 2 is 1.70 bits per heavy atom. The number of nitrogens with one attached hydrogen (secondary N) is 1. The van der Waals surface area contributed by atoms with E-state index in [9.17, 15) is 4.79 Å². The minimum Gasteiger partial charge on any atom is -0.387 e. The van der Waals surface area contributed by atoms with Gasteiger partial charge in [0.25, 0.3) is 0 Å². The van der Waals surface area contributed by atoms with Gasteiger partial charge in [0.05, 0.1) is 0 Å². The summed E-state index contributed by atoms with van der Waals surface area (Å²) in [7, 11) is 1.80. The number of rotatable bonds is 8. The number of carbonyl (C=O) groups is 1. The maximum atomic E-state index is 11.9. The van der Waals surface area contributed by atoms with E-state index in [1.165, 1.54) is 0 Å². The minimum absolute atomic E-state index is 0.0135. The quantitative estimate of drug-likeness (QED) is 0.402. The van der Waals surface area contributed by atoms with Gasteiger partial charge in [-0.25, -0.2) is 0 Å². The highest BCUT2D eigenvalue weighted by Gasteiger charge is 2.09. The number of ketones is 1. The molecule has 0 heterocycles. The zero-order valence-corrected chi connectivity index (χ0v) is 15.2. The van der Waals surface area contributed by atoms with Crippen molar-refractivity contribution in [2.45, 2.75) is 34.6 Å². The summed E-state index contributed by atoms with van der Waals surface area (Å²) in [5.41, 5.74) is 5.07. The summed E-state index contributed by atoms with van der Waals surface area (Å²) in [5.74, 6) is 0.0135. The summed E-state index contributed by atoms with van der Waals surface area (Å²) in [4.78, 5) is 16.1. The fourth-order valence-electron chi connectivity index (χ4n) is 1.89. The zero-order valence-electron chi connectivity index (χ0n) is 15.2. The molecular formula is C20H28N2O. The first-order valence-corrected chi connectivity index (χ1v) is 7.53. The molecule has 124 valence electrons. The molecule has 0 saturated carbocycles. The lowest BCUT2D eigenvalue weighted by atomic mass is 9.95. The standard InChI is InChI=1S/C20H28N2O/c1-9-10-19(20(14(2)3)18(7)23)11-15(4)16(5)12-22-13-17(6)21-8/h9-13,21H,2,6H2,1,3-5,7-8H3/b10-9?,15-11+,16-12+,20-19+,22-13?. The van der Waals surface area contributed by atoms with E-state index in [1.807, 2.05) is 45.9 Å². The van der Waals surface area contributed by atoms with Crippen LogP contribution in [0.15, 0.2) is 76.1 Å². The highest BCUT2D eigenvalue weighted by molar-refractivity contribution is 5.99. The molecule has 3 nitrogen and oxygen atoms in total. The van der Waals surface area contributed by atoms with Crippen molar-refractivity contribution in [3.8, 4) is 0 Å². The molecule has 1 N–H and O–H groups in total. The first-order valence-electron chi connectivity index (χ1n) is 7.53. The van der Waals surface area contributed by atoms with Crippen molar-refractivity contribution >= 4 is 12.0 Å². The Morgan fingerprint density at radius 3 is 2.13 bits per heavy atom. The maximum absolute atomic E-state index is 11.9. The maximum Gasteiger partial charge on any atom is 0.160 e. The van der Waals surface area contributed by atoms with Crippen molar-refractivity contribution in [2.75, 3.05) is 7.05 Å². The molecule has 0 unspecified atom stereocenters. The summed E-state index contributed by atoms with van der Waals surface area (Å²) in [6.07, 6.45) is 9.26. The van der Waals surface area contributed by atoms with E-state index in [1.54, 1.807) is 26.4 Å². The smallest absolute Gasteiger partial charge is 0.160 e. The van der Waals surface area contributed by atoms with Gasteiger partial charge in [-0.2, -0.15) is 0 Å². The van der Waals surface area contributed by atoms with Crippen LogP contribution in [0.5, 0.6) is 0 Å². The van der Waals surface area contributed by atoms with Crippen molar-refractivity contribution in [3.63, 3.8) is 0 Å². The molecule has 0 aliphatic heterocycles. The molecule has 0 rings (SSSR count). The molecule has 0 aliphatic carbocycles. The van der Waals surface area contributed by atoms with Crippen molar-refractivity contribution in [3.05, 3.63) is 71.1 Å². The molecule has 0 aromatic carbocycles. The van der Waals surface area contributed by atoms with E-state index >= 15 is 0 Å². The molecule has 0 amide bonds. The van der Waals surface area contributed by atoms with Crippen LogP contribution < -0.4 is 5.32 Å². The second-order valence-electron chi connectivity index (χ2n) is 5.36. The van der Waals surface area contributed by atoms with E-state index in [2.05, 4.69) is 23.5 Å². The van der Waals surface area contributed by atoms with Gasteiger partial charge in [-0.15, -0.1) is 0 Å². The third-order valence-corrected chi connectivity index (χ3v) is 3.23. The summed E-state index contributed by atoms with van der Waals surface area (Å²) in [6.45, 7) is 17.0. The predicted molar refractivity (Wildman–Crippen MR) is 102 cm³/mol. The number of hydrogen-bond donors (Lipinski definition) is 1. The summed E-state index contributed by atoms with van der Waals surface area (Å²) < 4.78 is 0. The van der Waals surface area contributed by atoms with E-state index in [-0.39, 0.29) is 5.78 Å². The molecule has 3 heteroatoms. The highest BCUT2D eigenvalue weighted by atomic mass is 16.1. The van der Waals surface area contributed by atoms with E-state index in [4.69, 9.17) is 0 Å². The number of hydrogen-bond acceptors (Lipinski definition) is 3. The van der Waals surface area contributed by atoms with Gasteiger partial charge in [-0.1, -0.05) is 31.4 Å². The van der Waals surface area contributed by atoms with Crippen LogP contribution in [-0.2, 0) is 4.79 Å². The molecule has 0 saturated heterocycles. The van der Waals surface area contributed by atoms with E-state index in [0.29, 0.717) is 5.57 Å². The van der Waals surface area contributed by atoms with Crippen molar-refractivity contribution in [1.82, 2.24) is 5.32 Å². The van der Waals surface area contributed by atoms with Crippen LogP contribution in [0, 0.1) is 0 Å². The number of aliphatic imine (C=N–C) groups is 1. The molecule has 0 bridgehead atoms. The van der Waals surface area contributed by atoms with Crippen LogP contribution in [0.25, 0.3) is 0 Å². The molecular weight excluding hydrogens is 284 g/mol. The normalized spacial score (nSPS) is 14.2. The van der Waals surface area contributed by atoms with Gasteiger partial charge in [0.2, 0.25) is 0 Å². The molecule has 0 spiro atoms. The first-order chi connectivity index (χ1) is 10.7. The highest BCUT2D eigenvalue weighted by Crippen LogP contribution is 2.20. The molecule has 0 aromatic heterocycles. The van der Waals surface area contributed by atoms with E-state index in [0.717, 1.165) is 28.0 Å². The first kappa shape index (κ1) is 20.6. The second kappa shape index (κ2) is 10.3. The Kier molecular flexibility index (Phi) is 9.24. The topological polar surface area (TPSA) is 41.5 Å². The lowest BCUT2D eigenvalue weighted by Crippen LogP contribution is -2.04. The summed E-state index contributed by atoms with van der Waals surface area (Å²) >= 11 is 0. The Balaban J connectivity index is 5.76. The molecule has 0 radical (unpaired) electrons. The minimum atomic E-state index is 0.0135. The van der Waals surface area contributed by atoms with E-state index < -0.39 is 0 Å². The van der Waals surface area contributed by atoms with Gasteiger partial charge in [-0.3, -0.25) is 9.79 Å².